The van der Waals surface area contributed by atoms with Crippen LogP contribution in [0.4, 0.5) is 0 Å². The summed E-state index contributed by atoms with van der Waals surface area (Å²) in [5.41, 5.74) is 0. The Morgan fingerprint density at radius 2 is 0.885 bits per heavy atom. The number of carbonyl (C=O) groups is 2. The second kappa shape index (κ2) is 29.0. The SMILES string of the molecule is C=CCCCCCCCC(=O)[O-].C=CCCCCCCCC(=O)[O-].[Al+3].[Cl-]. The average Bonchev–Trinajstić information content (AvgIpc) is 2.53. The summed E-state index contributed by atoms with van der Waals surface area (Å²) in [4.78, 5) is 20.0. The van der Waals surface area contributed by atoms with Crippen molar-refractivity contribution < 1.29 is 32.2 Å². The third kappa shape index (κ3) is 38.7. The van der Waals surface area contributed by atoms with Crippen molar-refractivity contribution in [3.05, 3.63) is 25.3 Å². The Hall–Kier alpha value is -0.758. The number of hydrogen-bond donors (Lipinski definition) is 0. The van der Waals surface area contributed by atoms with E-state index in [0.29, 0.717) is 0 Å². The molecule has 0 radical (unpaired) electrons. The van der Waals surface area contributed by atoms with Gasteiger partial charge in [0.25, 0.3) is 0 Å². The van der Waals surface area contributed by atoms with Gasteiger partial charge in [-0.2, -0.15) is 0 Å². The third-order valence-electron chi connectivity index (χ3n) is 3.58. The molecule has 26 heavy (non-hydrogen) atoms. The second-order valence-corrected chi connectivity index (χ2v) is 5.93. The minimum Gasteiger partial charge on any atom is -1.00 e. The minimum absolute atomic E-state index is 0. The van der Waals surface area contributed by atoms with Crippen LogP contribution < -0.4 is 22.6 Å². The van der Waals surface area contributed by atoms with Crippen LogP contribution in [0.2, 0.25) is 0 Å². The molecule has 0 unspecified atom stereocenters. The van der Waals surface area contributed by atoms with Gasteiger partial charge in [0.05, 0.1) is 0 Å². The molecule has 0 heterocycles. The molecule has 0 N–H and O–H groups in total. The first-order valence-electron chi connectivity index (χ1n) is 9.16. The van der Waals surface area contributed by atoms with Gasteiger partial charge in [0.2, 0.25) is 0 Å². The molecule has 0 rings (SSSR count). The largest absolute Gasteiger partial charge is 3.00 e. The summed E-state index contributed by atoms with van der Waals surface area (Å²) in [7, 11) is 0. The zero-order valence-electron chi connectivity index (χ0n) is 16.1. The van der Waals surface area contributed by atoms with Crippen LogP contribution in [0.15, 0.2) is 25.3 Å². The number of carbonyl (C=O) groups excluding carboxylic acids is 2. The first-order valence-corrected chi connectivity index (χ1v) is 9.16. The van der Waals surface area contributed by atoms with E-state index in [9.17, 15) is 19.8 Å². The Kier molecular flexibility index (Phi) is 36.7. The van der Waals surface area contributed by atoms with Crippen LogP contribution in [-0.2, 0) is 9.59 Å². The Bertz CT molecular complexity index is 304. The molecule has 0 saturated heterocycles. The van der Waals surface area contributed by atoms with E-state index < -0.39 is 11.9 Å². The molecule has 0 atom stereocenters. The van der Waals surface area contributed by atoms with Gasteiger partial charge in [-0.3, -0.25) is 0 Å². The maximum absolute atomic E-state index is 10.0. The smallest absolute Gasteiger partial charge is 1.00 e. The van der Waals surface area contributed by atoms with Gasteiger partial charge >= 0.3 is 17.4 Å². The van der Waals surface area contributed by atoms with E-state index in [-0.39, 0.29) is 42.6 Å². The third-order valence-corrected chi connectivity index (χ3v) is 3.58. The van der Waals surface area contributed by atoms with Crippen molar-refractivity contribution >= 4 is 29.3 Å². The first-order chi connectivity index (χ1) is 11.5. The summed E-state index contributed by atoms with van der Waals surface area (Å²) < 4.78 is 0. The maximum atomic E-state index is 10.0. The molecule has 0 fully saturated rings. The van der Waals surface area contributed by atoms with E-state index in [0.717, 1.165) is 51.4 Å². The van der Waals surface area contributed by atoms with Gasteiger partial charge < -0.3 is 32.2 Å². The van der Waals surface area contributed by atoms with Gasteiger partial charge in [-0.25, -0.2) is 0 Å². The zero-order chi connectivity index (χ0) is 18.5. The number of allylic oxidation sites excluding steroid dienone is 2. The average molecular weight is 401 g/mol. The van der Waals surface area contributed by atoms with Gasteiger partial charge in [0.1, 0.15) is 0 Å². The van der Waals surface area contributed by atoms with Crippen LogP contribution in [0, 0.1) is 0 Å². The molecule has 0 aliphatic heterocycles. The normalized spacial score (nSPS) is 8.92. The van der Waals surface area contributed by atoms with E-state index in [2.05, 4.69) is 13.2 Å². The van der Waals surface area contributed by atoms with Gasteiger partial charge in [-0.05, 0) is 51.4 Å². The summed E-state index contributed by atoms with van der Waals surface area (Å²) in [6, 6.07) is 0. The van der Waals surface area contributed by atoms with Crippen LogP contribution >= 0.6 is 0 Å². The fourth-order valence-corrected chi connectivity index (χ4v) is 2.18. The number of aliphatic carboxylic acids is 2. The first kappa shape index (κ1) is 32.9. The van der Waals surface area contributed by atoms with Gasteiger partial charge in [0, 0.05) is 11.9 Å². The number of halogens is 1. The van der Waals surface area contributed by atoms with E-state index in [1.807, 2.05) is 12.2 Å². The van der Waals surface area contributed by atoms with Crippen LogP contribution in [0.1, 0.15) is 89.9 Å². The number of hydrogen-bond acceptors (Lipinski definition) is 4. The van der Waals surface area contributed by atoms with E-state index in [1.165, 1.54) is 25.7 Å². The van der Waals surface area contributed by atoms with Crippen molar-refractivity contribution in [1.82, 2.24) is 0 Å². The molecule has 0 bridgehead atoms. The predicted octanol–water partition coefficient (Wildman–Crippen LogP) is -0.0708. The summed E-state index contributed by atoms with van der Waals surface area (Å²) in [5.74, 6) is -1.86. The van der Waals surface area contributed by atoms with Gasteiger partial charge in [-0.15, -0.1) is 13.2 Å². The van der Waals surface area contributed by atoms with E-state index >= 15 is 0 Å². The molecular weight excluding hydrogens is 367 g/mol. The monoisotopic (exact) mass is 400 g/mol. The van der Waals surface area contributed by atoms with Crippen molar-refractivity contribution in [2.45, 2.75) is 89.9 Å². The molecule has 6 heteroatoms. The molecule has 0 saturated carbocycles. The van der Waals surface area contributed by atoms with Crippen LogP contribution in [-0.4, -0.2) is 29.3 Å². The van der Waals surface area contributed by atoms with E-state index in [1.54, 1.807) is 0 Å². The molecular formula is C20H34AlClO4. The number of unbranched alkanes of at least 4 members (excludes halogenated alkanes) is 10. The minimum atomic E-state index is -0.930. The molecule has 0 aliphatic rings. The molecule has 0 aromatic rings. The fraction of sp³-hybridized carbons (Fsp3) is 0.700. The zero-order valence-corrected chi connectivity index (χ0v) is 18.0. The standard InChI is InChI=1S/2C10H18O2.Al.ClH/c2*1-2-3-4-5-6-7-8-9-10(11)12;;/h2*2H,1,3-9H2,(H,11,12);;1H/q;;+3;/p-3. The quantitative estimate of drug-likeness (QED) is 0.206. The molecule has 148 valence electrons. The topological polar surface area (TPSA) is 80.3 Å². The van der Waals surface area contributed by atoms with E-state index in [4.69, 9.17) is 0 Å². The Balaban J connectivity index is -0.000000173. The Morgan fingerprint density at radius 3 is 1.15 bits per heavy atom. The maximum Gasteiger partial charge on any atom is 3.00 e. The summed E-state index contributed by atoms with van der Waals surface area (Å²) in [6.07, 6.45) is 16.9. The molecule has 0 spiro atoms. The Morgan fingerprint density at radius 1 is 0.615 bits per heavy atom. The fourth-order valence-electron chi connectivity index (χ4n) is 2.18. The van der Waals surface area contributed by atoms with Crippen molar-refractivity contribution in [2.75, 3.05) is 0 Å². The van der Waals surface area contributed by atoms with Gasteiger partial charge in [0.15, 0.2) is 0 Å². The van der Waals surface area contributed by atoms with Crippen LogP contribution in [0.25, 0.3) is 0 Å². The molecule has 0 amide bonds. The summed E-state index contributed by atoms with van der Waals surface area (Å²) in [6.45, 7) is 7.26. The van der Waals surface area contributed by atoms with Crippen molar-refractivity contribution in [2.24, 2.45) is 0 Å². The second-order valence-electron chi connectivity index (χ2n) is 5.93. The van der Waals surface area contributed by atoms with Crippen LogP contribution in [0.3, 0.4) is 0 Å². The summed E-state index contributed by atoms with van der Waals surface area (Å²) >= 11 is 0. The molecule has 0 aromatic heterocycles. The number of carboxylic acid groups (broad SMARTS) is 2. The molecule has 4 nitrogen and oxygen atoms in total. The summed E-state index contributed by atoms with van der Waals surface area (Å²) in [5, 5.41) is 20.0. The van der Waals surface area contributed by atoms with Crippen molar-refractivity contribution in [3.63, 3.8) is 0 Å². The van der Waals surface area contributed by atoms with Crippen molar-refractivity contribution in [3.8, 4) is 0 Å². The van der Waals surface area contributed by atoms with Gasteiger partial charge in [-0.1, -0.05) is 50.7 Å². The molecule has 0 aromatic carbocycles. The van der Waals surface area contributed by atoms with Crippen molar-refractivity contribution in [1.29, 1.82) is 0 Å². The van der Waals surface area contributed by atoms with Crippen LogP contribution in [0.5, 0.6) is 0 Å². The molecule has 0 aliphatic carbocycles. The number of rotatable bonds is 16. The predicted molar refractivity (Wildman–Crippen MR) is 101 cm³/mol. The Labute approximate surface area is 176 Å². The number of carboxylic acids is 2.